The second kappa shape index (κ2) is 7.96. The third-order valence-corrected chi connectivity index (χ3v) is 2.79. The van der Waals surface area contributed by atoms with E-state index in [0.717, 1.165) is 19.6 Å². The first kappa shape index (κ1) is 16.6. The van der Waals surface area contributed by atoms with Gasteiger partial charge < -0.3 is 4.90 Å². The summed E-state index contributed by atoms with van der Waals surface area (Å²) in [7, 11) is 0. The highest BCUT2D eigenvalue weighted by molar-refractivity contribution is 5.91. The number of hydrazine groups is 1. The van der Waals surface area contributed by atoms with Crippen molar-refractivity contribution in [2.75, 3.05) is 19.6 Å². The predicted octanol–water partition coefficient (Wildman–Crippen LogP) is 0.496. The first-order chi connectivity index (χ1) is 9.42. The molecule has 1 amide bonds. The van der Waals surface area contributed by atoms with Crippen LogP contribution in [0.3, 0.4) is 0 Å². The summed E-state index contributed by atoms with van der Waals surface area (Å²) in [4.78, 5) is 13.7. The Kier molecular flexibility index (Phi) is 6.60. The predicted molar refractivity (Wildman–Crippen MR) is 77.8 cm³/mol. The van der Waals surface area contributed by atoms with Crippen molar-refractivity contribution in [3.05, 3.63) is 11.9 Å². The smallest absolute Gasteiger partial charge is 0.287 e. The fraction of sp³-hybridized carbons (Fsp3) is 0.769. The molecule has 1 rings (SSSR count). The Bertz CT molecular complexity index is 405. The van der Waals surface area contributed by atoms with Crippen molar-refractivity contribution < 1.29 is 4.79 Å². The van der Waals surface area contributed by atoms with Crippen LogP contribution in [-0.2, 0) is 6.54 Å². The van der Waals surface area contributed by atoms with Gasteiger partial charge in [-0.3, -0.25) is 14.9 Å². The molecule has 0 radical (unpaired) electrons. The number of aromatic nitrogens is 3. The second-order valence-corrected chi connectivity index (χ2v) is 5.89. The molecule has 114 valence electrons. The van der Waals surface area contributed by atoms with E-state index in [1.807, 2.05) is 5.43 Å². The SMILES string of the molecule is CC(C)CN(CCn1cc(C(=O)NN)nn1)CC(C)C. The van der Waals surface area contributed by atoms with E-state index in [9.17, 15) is 4.79 Å². The van der Waals surface area contributed by atoms with Crippen molar-refractivity contribution >= 4 is 5.91 Å². The lowest BCUT2D eigenvalue weighted by Crippen LogP contribution is -2.34. The van der Waals surface area contributed by atoms with Gasteiger partial charge in [0, 0.05) is 19.6 Å². The maximum atomic E-state index is 11.3. The molecule has 0 unspecified atom stereocenters. The Morgan fingerprint density at radius 1 is 1.35 bits per heavy atom. The highest BCUT2D eigenvalue weighted by atomic mass is 16.2. The van der Waals surface area contributed by atoms with Crippen LogP contribution in [0.5, 0.6) is 0 Å². The van der Waals surface area contributed by atoms with Crippen molar-refractivity contribution in [2.45, 2.75) is 34.2 Å². The zero-order valence-electron chi connectivity index (χ0n) is 12.8. The van der Waals surface area contributed by atoms with Gasteiger partial charge in [0.05, 0.1) is 12.7 Å². The molecular weight excluding hydrogens is 256 g/mol. The lowest BCUT2D eigenvalue weighted by atomic mass is 10.1. The van der Waals surface area contributed by atoms with E-state index in [-0.39, 0.29) is 5.69 Å². The Hall–Kier alpha value is -1.47. The fourth-order valence-corrected chi connectivity index (χ4v) is 2.12. The molecule has 0 bridgehead atoms. The topological polar surface area (TPSA) is 89.1 Å². The van der Waals surface area contributed by atoms with Crippen LogP contribution in [0.15, 0.2) is 6.20 Å². The van der Waals surface area contributed by atoms with Crippen molar-refractivity contribution in [3.63, 3.8) is 0 Å². The average molecular weight is 282 g/mol. The molecule has 0 aliphatic heterocycles. The lowest BCUT2D eigenvalue weighted by molar-refractivity contribution is 0.0948. The molecule has 1 aromatic heterocycles. The highest BCUT2D eigenvalue weighted by Gasteiger charge is 2.12. The van der Waals surface area contributed by atoms with Gasteiger partial charge in [0.15, 0.2) is 5.69 Å². The summed E-state index contributed by atoms with van der Waals surface area (Å²) >= 11 is 0. The molecule has 0 aromatic carbocycles. The summed E-state index contributed by atoms with van der Waals surface area (Å²) in [6.45, 7) is 12.6. The zero-order valence-corrected chi connectivity index (χ0v) is 12.8. The van der Waals surface area contributed by atoms with Gasteiger partial charge in [0.1, 0.15) is 0 Å². The van der Waals surface area contributed by atoms with E-state index in [1.165, 1.54) is 0 Å². The lowest BCUT2D eigenvalue weighted by Gasteiger charge is -2.25. The van der Waals surface area contributed by atoms with Crippen LogP contribution in [0.2, 0.25) is 0 Å². The van der Waals surface area contributed by atoms with Crippen LogP contribution in [0, 0.1) is 11.8 Å². The number of nitrogens with one attached hydrogen (secondary N) is 1. The number of carbonyl (C=O) groups is 1. The maximum absolute atomic E-state index is 11.3. The van der Waals surface area contributed by atoms with Gasteiger partial charge in [0.2, 0.25) is 0 Å². The molecule has 0 saturated heterocycles. The molecule has 0 saturated carbocycles. The molecule has 1 aromatic rings. The minimum Gasteiger partial charge on any atom is -0.301 e. The number of carbonyl (C=O) groups excluding carboxylic acids is 1. The molecule has 0 aliphatic rings. The van der Waals surface area contributed by atoms with E-state index in [2.05, 4.69) is 42.9 Å². The number of hydrogen-bond donors (Lipinski definition) is 2. The van der Waals surface area contributed by atoms with E-state index >= 15 is 0 Å². The van der Waals surface area contributed by atoms with E-state index in [1.54, 1.807) is 10.9 Å². The zero-order chi connectivity index (χ0) is 15.1. The normalized spacial score (nSPS) is 11.6. The van der Waals surface area contributed by atoms with Gasteiger partial charge in [-0.05, 0) is 11.8 Å². The van der Waals surface area contributed by atoms with Crippen LogP contribution in [0.25, 0.3) is 0 Å². The Labute approximate surface area is 120 Å². The standard InChI is InChI=1S/C13H26N6O/c1-10(2)7-18(8-11(3)4)5-6-19-9-12(16-17-19)13(20)15-14/h9-11H,5-8,14H2,1-4H3,(H,15,20). The number of amides is 1. The van der Waals surface area contributed by atoms with Crippen LogP contribution in [0.1, 0.15) is 38.2 Å². The van der Waals surface area contributed by atoms with Gasteiger partial charge in [-0.1, -0.05) is 32.9 Å². The summed E-state index contributed by atoms with van der Waals surface area (Å²) in [5.41, 5.74) is 2.29. The molecule has 0 spiro atoms. The van der Waals surface area contributed by atoms with Crippen LogP contribution in [-0.4, -0.2) is 45.4 Å². The molecule has 7 nitrogen and oxygen atoms in total. The van der Waals surface area contributed by atoms with Gasteiger partial charge in [-0.2, -0.15) is 0 Å². The Morgan fingerprint density at radius 2 is 1.95 bits per heavy atom. The molecule has 0 fully saturated rings. The fourth-order valence-electron chi connectivity index (χ4n) is 2.12. The molecule has 7 heteroatoms. The highest BCUT2D eigenvalue weighted by Crippen LogP contribution is 2.04. The summed E-state index contributed by atoms with van der Waals surface area (Å²) in [5.74, 6) is 5.90. The van der Waals surface area contributed by atoms with Crippen molar-refractivity contribution in [1.82, 2.24) is 25.3 Å². The number of nitrogens with two attached hydrogens (primary N) is 1. The molecule has 0 aliphatic carbocycles. The molecule has 3 N–H and O–H groups in total. The van der Waals surface area contributed by atoms with E-state index in [0.29, 0.717) is 18.4 Å². The number of rotatable bonds is 8. The second-order valence-electron chi connectivity index (χ2n) is 5.89. The minimum absolute atomic E-state index is 0.242. The van der Waals surface area contributed by atoms with Crippen molar-refractivity contribution in [3.8, 4) is 0 Å². The van der Waals surface area contributed by atoms with Crippen LogP contribution >= 0.6 is 0 Å². The summed E-state index contributed by atoms with van der Waals surface area (Å²) in [6, 6.07) is 0. The van der Waals surface area contributed by atoms with Gasteiger partial charge in [0.25, 0.3) is 5.91 Å². The first-order valence-corrected chi connectivity index (χ1v) is 7.05. The third-order valence-electron chi connectivity index (χ3n) is 2.79. The van der Waals surface area contributed by atoms with Crippen LogP contribution < -0.4 is 11.3 Å². The minimum atomic E-state index is -0.419. The first-order valence-electron chi connectivity index (χ1n) is 7.05. The summed E-state index contributed by atoms with van der Waals surface area (Å²) < 4.78 is 1.68. The van der Waals surface area contributed by atoms with Gasteiger partial charge in [-0.15, -0.1) is 5.10 Å². The quantitative estimate of drug-likeness (QED) is 0.412. The number of hydrogen-bond acceptors (Lipinski definition) is 5. The summed E-state index contributed by atoms with van der Waals surface area (Å²) in [6.07, 6.45) is 1.62. The number of nitrogen functional groups attached to an aromatic ring is 1. The monoisotopic (exact) mass is 282 g/mol. The summed E-state index contributed by atoms with van der Waals surface area (Å²) in [5, 5.41) is 7.73. The average Bonchev–Trinajstić information content (AvgIpc) is 2.82. The van der Waals surface area contributed by atoms with Crippen molar-refractivity contribution in [1.29, 1.82) is 0 Å². The maximum Gasteiger partial charge on any atom is 0.287 e. The van der Waals surface area contributed by atoms with Gasteiger partial charge in [-0.25, -0.2) is 5.84 Å². The van der Waals surface area contributed by atoms with E-state index in [4.69, 9.17) is 5.84 Å². The van der Waals surface area contributed by atoms with Crippen molar-refractivity contribution in [2.24, 2.45) is 17.7 Å². The number of nitrogens with zero attached hydrogens (tertiary/aromatic N) is 4. The Balaban J connectivity index is 2.53. The molecular formula is C13H26N6O. The molecule has 20 heavy (non-hydrogen) atoms. The molecule has 1 heterocycles. The third kappa shape index (κ3) is 5.66. The Morgan fingerprint density at radius 3 is 2.45 bits per heavy atom. The van der Waals surface area contributed by atoms with E-state index < -0.39 is 5.91 Å². The largest absolute Gasteiger partial charge is 0.301 e. The van der Waals surface area contributed by atoms with Crippen LogP contribution in [0.4, 0.5) is 0 Å². The molecule has 0 atom stereocenters. The van der Waals surface area contributed by atoms with Gasteiger partial charge >= 0.3 is 0 Å².